The third kappa shape index (κ3) is 8.58. The zero-order valence-corrected chi connectivity index (χ0v) is 30.6. The summed E-state index contributed by atoms with van der Waals surface area (Å²) in [6.07, 6.45) is 15.7. The van der Waals surface area contributed by atoms with Crippen LogP contribution < -0.4 is 11.1 Å². The van der Waals surface area contributed by atoms with E-state index in [1.165, 1.54) is 0 Å². The Kier molecular flexibility index (Phi) is 11.5. The van der Waals surface area contributed by atoms with E-state index < -0.39 is 0 Å². The molecule has 1 aromatic heterocycles. The van der Waals surface area contributed by atoms with Crippen LogP contribution in [0.15, 0.2) is 183 Å². The zero-order valence-electron chi connectivity index (χ0n) is 30.6. The van der Waals surface area contributed by atoms with Crippen molar-refractivity contribution < 1.29 is 0 Å². The van der Waals surface area contributed by atoms with Crippen molar-refractivity contribution in [3.05, 3.63) is 194 Å². The highest BCUT2D eigenvalue weighted by Gasteiger charge is 2.14. The van der Waals surface area contributed by atoms with Crippen LogP contribution in [0.2, 0.25) is 0 Å². The molecule has 6 aromatic rings. The first-order valence-electron chi connectivity index (χ1n) is 17.7. The maximum absolute atomic E-state index is 6.44. The monoisotopic (exact) mass is 688 g/mol. The molecule has 0 fully saturated rings. The molecular weight excluding hydrogens is 645 g/mol. The molecule has 0 aliphatic heterocycles. The summed E-state index contributed by atoms with van der Waals surface area (Å²) in [4.78, 5) is 10.3. The third-order valence-corrected chi connectivity index (χ3v) is 8.95. The van der Waals surface area contributed by atoms with Gasteiger partial charge in [0.1, 0.15) is 0 Å². The van der Waals surface area contributed by atoms with Gasteiger partial charge < -0.3 is 11.1 Å². The van der Waals surface area contributed by atoms with Crippen molar-refractivity contribution in [3.8, 4) is 55.9 Å². The second-order valence-electron chi connectivity index (χ2n) is 12.6. The number of benzene rings is 5. The highest BCUT2D eigenvalue weighted by molar-refractivity contribution is 5.84. The average Bonchev–Trinajstić information content (AvgIpc) is 3.21. The number of nitrogen functional groups attached to an aromatic ring is 1. The molecule has 0 amide bonds. The van der Waals surface area contributed by atoms with Crippen molar-refractivity contribution in [1.29, 1.82) is 0 Å². The van der Waals surface area contributed by atoms with E-state index in [0.29, 0.717) is 11.5 Å². The maximum atomic E-state index is 6.44. The van der Waals surface area contributed by atoms with Crippen molar-refractivity contribution in [2.75, 3.05) is 18.1 Å². The molecule has 0 bridgehead atoms. The minimum Gasteiger partial charge on any atom is -0.399 e. The normalized spacial score (nSPS) is 12.0. The second-order valence-corrected chi connectivity index (χ2v) is 12.6. The van der Waals surface area contributed by atoms with Gasteiger partial charge in [-0.05, 0) is 113 Å². The number of anilines is 2. The molecule has 0 spiro atoms. The van der Waals surface area contributed by atoms with E-state index in [1.807, 2.05) is 87.7 Å². The largest absolute Gasteiger partial charge is 0.399 e. The van der Waals surface area contributed by atoms with Gasteiger partial charge in [0.05, 0.1) is 11.4 Å². The molecule has 0 radical (unpaired) electrons. The molecule has 0 atom stereocenters. The van der Waals surface area contributed by atoms with Crippen molar-refractivity contribution in [2.24, 2.45) is 0 Å². The van der Waals surface area contributed by atoms with Gasteiger partial charge in [0.25, 0.3) is 0 Å². The van der Waals surface area contributed by atoms with Crippen LogP contribution in [0, 0.1) is 0 Å². The molecule has 4 heteroatoms. The van der Waals surface area contributed by atoms with Crippen LogP contribution in [-0.2, 0) is 0 Å². The first-order valence-corrected chi connectivity index (χ1v) is 17.7. The highest BCUT2D eigenvalue weighted by atomic mass is 14.9. The third-order valence-electron chi connectivity index (χ3n) is 8.95. The molecule has 0 unspecified atom stereocenters. The zero-order chi connectivity index (χ0) is 37.2. The van der Waals surface area contributed by atoms with Crippen LogP contribution in [0.5, 0.6) is 0 Å². The lowest BCUT2D eigenvalue weighted by molar-refractivity contribution is 1.13. The topological polar surface area (TPSA) is 63.8 Å². The summed E-state index contributed by atoms with van der Waals surface area (Å²) in [6.45, 7) is 11.8. The summed E-state index contributed by atoms with van der Waals surface area (Å²) in [5.74, 6) is 0.634. The van der Waals surface area contributed by atoms with Crippen molar-refractivity contribution in [2.45, 2.75) is 13.8 Å². The fourth-order valence-electron chi connectivity index (χ4n) is 6.34. The molecule has 6 rings (SSSR count). The fourth-order valence-corrected chi connectivity index (χ4v) is 6.34. The molecular formula is C49H44N4. The minimum atomic E-state index is 0.634. The molecule has 1 heterocycles. The van der Waals surface area contributed by atoms with Gasteiger partial charge in [-0.25, -0.2) is 9.97 Å². The molecule has 53 heavy (non-hydrogen) atoms. The first kappa shape index (κ1) is 36.0. The van der Waals surface area contributed by atoms with Gasteiger partial charge in [-0.15, -0.1) is 0 Å². The van der Waals surface area contributed by atoms with Crippen molar-refractivity contribution in [1.82, 2.24) is 9.97 Å². The Morgan fingerprint density at radius 1 is 0.585 bits per heavy atom. The predicted molar refractivity (Wildman–Crippen MR) is 229 cm³/mol. The van der Waals surface area contributed by atoms with Crippen LogP contribution >= 0.6 is 0 Å². The summed E-state index contributed by atoms with van der Waals surface area (Å²) < 4.78 is 0. The SMILES string of the molecule is C=C/C=C\C(=C/C)c1nc(-c2cccc(-c3cc(NC)cc(C(/C=C\C)=C/C=C)c3)c2)cc(-c2cccc(-c3cc(N)cc(-c4ccccc4)c3)c2)n1. The van der Waals surface area contributed by atoms with E-state index in [2.05, 4.69) is 116 Å². The van der Waals surface area contributed by atoms with Crippen molar-refractivity contribution in [3.63, 3.8) is 0 Å². The Morgan fingerprint density at radius 3 is 1.75 bits per heavy atom. The summed E-state index contributed by atoms with van der Waals surface area (Å²) in [7, 11) is 1.94. The summed E-state index contributed by atoms with van der Waals surface area (Å²) >= 11 is 0. The van der Waals surface area contributed by atoms with Gasteiger partial charge in [-0.3, -0.25) is 0 Å². The maximum Gasteiger partial charge on any atom is 0.160 e. The first-order chi connectivity index (χ1) is 25.9. The van der Waals surface area contributed by atoms with Gasteiger partial charge >= 0.3 is 0 Å². The number of hydrogen-bond donors (Lipinski definition) is 2. The number of nitrogens with zero attached hydrogens (tertiary/aromatic N) is 2. The molecule has 0 aliphatic rings. The number of aromatic nitrogens is 2. The van der Waals surface area contributed by atoms with Gasteiger partial charge in [0, 0.05) is 35.1 Å². The quantitative estimate of drug-likeness (QED) is 0.0992. The number of hydrogen-bond acceptors (Lipinski definition) is 4. The second kappa shape index (κ2) is 17.0. The van der Waals surface area contributed by atoms with E-state index in [-0.39, 0.29) is 0 Å². The lowest BCUT2D eigenvalue weighted by Gasteiger charge is -2.14. The Balaban J connectivity index is 1.47. The lowest BCUT2D eigenvalue weighted by atomic mass is 9.95. The summed E-state index contributed by atoms with van der Waals surface area (Å²) in [6, 6.07) is 42.1. The summed E-state index contributed by atoms with van der Waals surface area (Å²) in [5, 5.41) is 3.34. The van der Waals surface area contributed by atoms with Gasteiger partial charge in [-0.2, -0.15) is 0 Å². The Labute approximate surface area is 313 Å². The molecule has 0 aliphatic carbocycles. The van der Waals surface area contributed by atoms with E-state index in [4.69, 9.17) is 15.7 Å². The van der Waals surface area contributed by atoms with E-state index >= 15 is 0 Å². The van der Waals surface area contributed by atoms with Gasteiger partial charge in [0.15, 0.2) is 5.82 Å². The number of nitrogens with one attached hydrogen (secondary N) is 1. The average molecular weight is 689 g/mol. The van der Waals surface area contributed by atoms with Gasteiger partial charge in [-0.1, -0.05) is 128 Å². The molecule has 0 saturated heterocycles. The Bertz CT molecular complexity index is 2390. The van der Waals surface area contributed by atoms with Crippen LogP contribution in [0.4, 0.5) is 11.4 Å². The minimum absolute atomic E-state index is 0.634. The number of allylic oxidation sites excluding steroid dienone is 10. The van der Waals surface area contributed by atoms with E-state index in [0.717, 1.165) is 78.3 Å². The molecule has 260 valence electrons. The molecule has 4 nitrogen and oxygen atoms in total. The standard InChI is InChI=1S/C49H44N4/c1-6-10-18-34(9-4)49-52-47(39-23-14-21-37(25-39)42-27-41(29-45(50)30-42)36-19-12-11-13-20-36)33-48(53-49)40-24-15-22-38(26-40)44-28-43(31-46(32-44)51-5)35(16-7-2)17-8-3/h6-33,51H,1-2,50H2,3-5H3/b17-8-,18-10-,34-9+,35-16+. The predicted octanol–water partition coefficient (Wildman–Crippen LogP) is 12.7. The molecule has 0 saturated carbocycles. The van der Waals surface area contributed by atoms with Crippen LogP contribution in [-0.4, -0.2) is 17.0 Å². The smallest absolute Gasteiger partial charge is 0.160 e. The van der Waals surface area contributed by atoms with Crippen LogP contribution in [0.3, 0.4) is 0 Å². The Morgan fingerprint density at radius 2 is 1.17 bits per heavy atom. The lowest BCUT2D eigenvalue weighted by Crippen LogP contribution is -1.99. The van der Waals surface area contributed by atoms with Crippen molar-refractivity contribution >= 4 is 22.5 Å². The number of nitrogens with two attached hydrogens (primary N) is 1. The van der Waals surface area contributed by atoms with Gasteiger partial charge in [0.2, 0.25) is 0 Å². The number of rotatable bonds is 12. The highest BCUT2D eigenvalue weighted by Crippen LogP contribution is 2.35. The fraction of sp³-hybridized carbons (Fsp3) is 0.0612. The van der Waals surface area contributed by atoms with Crippen LogP contribution in [0.25, 0.3) is 67.0 Å². The van der Waals surface area contributed by atoms with E-state index in [1.54, 1.807) is 6.08 Å². The molecule has 3 N–H and O–H groups in total. The Hall–Kier alpha value is -6.78. The van der Waals surface area contributed by atoms with E-state index in [9.17, 15) is 0 Å². The summed E-state index contributed by atoms with van der Waals surface area (Å²) in [5.41, 5.74) is 21.4. The molecule has 5 aromatic carbocycles. The van der Waals surface area contributed by atoms with Crippen LogP contribution in [0.1, 0.15) is 25.2 Å².